The number of imide groups is 1. The molecule has 3 aromatic carbocycles. The van der Waals surface area contributed by atoms with Gasteiger partial charge >= 0.3 is 6.09 Å². The summed E-state index contributed by atoms with van der Waals surface area (Å²) in [5.41, 5.74) is 4.28. The number of nitrogens with zero attached hydrogens (tertiary/aromatic N) is 2. The van der Waals surface area contributed by atoms with Crippen molar-refractivity contribution in [2.75, 3.05) is 13.1 Å². The second-order valence-corrected chi connectivity index (χ2v) is 13.5. The average Bonchev–Trinajstić information content (AvgIpc) is 3.77. The van der Waals surface area contributed by atoms with Crippen molar-refractivity contribution in [3.63, 3.8) is 0 Å². The van der Waals surface area contributed by atoms with Crippen LogP contribution in [0.2, 0.25) is 0 Å². The number of likely N-dealkylation sites (tertiary alicyclic amines) is 1. The zero-order valence-electron chi connectivity index (χ0n) is 28.6. The SMILES string of the molecule is C=CCN(C[C@H]1O[C@@H](c2ccc(CN3C(=O)CC(NC(=O)OCc4ccccc4)C3=O)cc2)O[C@@H](c2ccc(CO)cc2)[C@H]1C)C1CCCC1. The predicted molar refractivity (Wildman–Crippen MR) is 187 cm³/mol. The van der Waals surface area contributed by atoms with Crippen LogP contribution < -0.4 is 5.32 Å². The molecule has 3 aliphatic rings. The predicted octanol–water partition coefficient (Wildman–Crippen LogP) is 5.95. The number of ether oxygens (including phenoxy) is 3. The average molecular weight is 682 g/mol. The van der Waals surface area contributed by atoms with E-state index in [-0.39, 0.29) is 50.2 Å². The lowest BCUT2D eigenvalue weighted by atomic mass is 9.89. The summed E-state index contributed by atoms with van der Waals surface area (Å²) in [6, 6.07) is 24.2. The number of alkyl carbamates (subject to hydrolysis) is 1. The number of benzene rings is 3. The Morgan fingerprint density at radius 2 is 1.64 bits per heavy atom. The number of nitrogens with one attached hydrogen (secondary N) is 1. The monoisotopic (exact) mass is 681 g/mol. The van der Waals surface area contributed by atoms with Gasteiger partial charge in [-0.05, 0) is 35.1 Å². The van der Waals surface area contributed by atoms with Crippen LogP contribution in [-0.4, -0.2) is 64.1 Å². The zero-order valence-corrected chi connectivity index (χ0v) is 28.6. The first-order valence-electron chi connectivity index (χ1n) is 17.6. The fourth-order valence-electron chi connectivity index (χ4n) is 7.20. The van der Waals surface area contributed by atoms with Crippen molar-refractivity contribution in [3.05, 3.63) is 119 Å². The molecule has 50 heavy (non-hydrogen) atoms. The van der Waals surface area contributed by atoms with Gasteiger partial charge < -0.3 is 24.6 Å². The van der Waals surface area contributed by atoms with Gasteiger partial charge in [0.25, 0.3) is 5.91 Å². The first-order valence-corrected chi connectivity index (χ1v) is 17.6. The fourth-order valence-corrected chi connectivity index (χ4v) is 7.20. The molecule has 3 amide bonds. The molecular weight excluding hydrogens is 634 g/mol. The maximum absolute atomic E-state index is 13.1. The summed E-state index contributed by atoms with van der Waals surface area (Å²) in [7, 11) is 0. The van der Waals surface area contributed by atoms with Crippen LogP contribution in [0.15, 0.2) is 91.5 Å². The lowest BCUT2D eigenvalue weighted by Crippen LogP contribution is -2.47. The minimum absolute atomic E-state index is 0.0208. The van der Waals surface area contributed by atoms with E-state index in [9.17, 15) is 19.5 Å². The molecule has 1 unspecified atom stereocenters. The number of aliphatic hydroxyl groups excluding tert-OH is 1. The lowest BCUT2D eigenvalue weighted by molar-refractivity contribution is -0.276. The highest BCUT2D eigenvalue weighted by molar-refractivity contribution is 6.06. The minimum Gasteiger partial charge on any atom is -0.445 e. The molecule has 2 saturated heterocycles. The Labute approximate surface area is 294 Å². The van der Waals surface area contributed by atoms with E-state index < -0.39 is 24.3 Å². The topological polar surface area (TPSA) is 118 Å². The molecule has 264 valence electrons. The molecule has 2 N–H and O–H groups in total. The molecule has 0 aromatic heterocycles. The first-order chi connectivity index (χ1) is 24.3. The largest absolute Gasteiger partial charge is 0.445 e. The van der Waals surface area contributed by atoms with Crippen LogP contribution in [0.25, 0.3) is 0 Å². The van der Waals surface area contributed by atoms with Crippen LogP contribution in [0.5, 0.6) is 0 Å². The number of rotatable bonds is 13. The van der Waals surface area contributed by atoms with Crippen LogP contribution in [0.1, 0.15) is 79.2 Å². The van der Waals surface area contributed by atoms with Crippen molar-refractivity contribution in [2.24, 2.45) is 5.92 Å². The first kappa shape index (κ1) is 35.5. The summed E-state index contributed by atoms with van der Waals surface area (Å²) in [5, 5.41) is 12.1. The van der Waals surface area contributed by atoms with Gasteiger partial charge in [-0.15, -0.1) is 6.58 Å². The quantitative estimate of drug-likeness (QED) is 0.168. The van der Waals surface area contributed by atoms with Gasteiger partial charge in [0.05, 0.1) is 31.8 Å². The fraction of sp³-hybridized carbons (Fsp3) is 0.425. The lowest BCUT2D eigenvalue weighted by Gasteiger charge is -2.43. The van der Waals surface area contributed by atoms with E-state index in [1.807, 2.05) is 84.9 Å². The number of hydrogen-bond donors (Lipinski definition) is 2. The summed E-state index contributed by atoms with van der Waals surface area (Å²) in [5.74, 6) is -0.763. The van der Waals surface area contributed by atoms with Crippen molar-refractivity contribution in [3.8, 4) is 0 Å². The van der Waals surface area contributed by atoms with Crippen LogP contribution in [-0.2, 0) is 43.6 Å². The molecule has 10 heteroatoms. The molecule has 2 heterocycles. The van der Waals surface area contributed by atoms with Crippen LogP contribution in [0.3, 0.4) is 0 Å². The Morgan fingerprint density at radius 1 is 0.960 bits per heavy atom. The van der Waals surface area contributed by atoms with E-state index in [0.29, 0.717) is 6.04 Å². The summed E-state index contributed by atoms with van der Waals surface area (Å²) in [6.45, 7) is 7.87. The molecule has 10 nitrogen and oxygen atoms in total. The molecule has 3 aromatic rings. The Balaban J connectivity index is 1.12. The van der Waals surface area contributed by atoms with Gasteiger partial charge in [-0.1, -0.05) is 105 Å². The molecule has 2 aliphatic heterocycles. The molecule has 0 spiro atoms. The molecule has 0 bridgehead atoms. The number of hydrogen-bond acceptors (Lipinski definition) is 8. The second-order valence-electron chi connectivity index (χ2n) is 13.5. The summed E-state index contributed by atoms with van der Waals surface area (Å²) in [4.78, 5) is 42.0. The standard InChI is InChI=1S/C40H47N3O7/c1-3-21-42(33-11-7-8-12-33)24-35-27(2)37(31-17-15-29(25-44)16-18-31)50-39(49-35)32-19-13-28(14-20-32)23-43-36(45)22-34(38(43)46)41-40(47)48-26-30-9-5-4-6-10-30/h3-6,9-10,13-20,27,33-35,37,39,44H,1,7-8,11-12,21-26H2,2H3,(H,41,47)/t27-,34?,35+,37+,39+/m0/s1. The summed E-state index contributed by atoms with van der Waals surface area (Å²) < 4.78 is 18.6. The molecule has 3 fully saturated rings. The smallest absolute Gasteiger partial charge is 0.408 e. The van der Waals surface area contributed by atoms with Crippen molar-refractivity contribution >= 4 is 17.9 Å². The van der Waals surface area contributed by atoms with Crippen molar-refractivity contribution < 1.29 is 33.7 Å². The molecule has 0 radical (unpaired) electrons. The Morgan fingerprint density at radius 3 is 2.32 bits per heavy atom. The van der Waals surface area contributed by atoms with Crippen molar-refractivity contribution in [1.82, 2.24) is 15.1 Å². The van der Waals surface area contributed by atoms with Crippen molar-refractivity contribution in [2.45, 2.75) is 89.4 Å². The van der Waals surface area contributed by atoms with Gasteiger partial charge in [-0.2, -0.15) is 0 Å². The Bertz CT molecular complexity index is 1610. The van der Waals surface area contributed by atoms with E-state index in [4.69, 9.17) is 14.2 Å². The van der Waals surface area contributed by atoms with Crippen molar-refractivity contribution in [1.29, 1.82) is 0 Å². The number of carbonyl (C=O) groups excluding carboxylic acids is 3. The molecule has 1 saturated carbocycles. The third-order valence-corrected chi connectivity index (χ3v) is 10.1. The summed E-state index contributed by atoms with van der Waals surface area (Å²) in [6.07, 6.45) is 4.97. The van der Waals surface area contributed by atoms with E-state index in [2.05, 4.69) is 23.7 Å². The summed E-state index contributed by atoms with van der Waals surface area (Å²) >= 11 is 0. The zero-order chi connectivity index (χ0) is 35.0. The van der Waals surface area contributed by atoms with E-state index in [0.717, 1.165) is 40.9 Å². The third-order valence-electron chi connectivity index (χ3n) is 10.1. The highest BCUT2D eigenvalue weighted by Crippen LogP contribution is 2.42. The number of amides is 3. The highest BCUT2D eigenvalue weighted by atomic mass is 16.7. The Kier molecular flexibility index (Phi) is 11.8. The molecule has 6 rings (SSSR count). The molecular formula is C40H47N3O7. The van der Waals surface area contributed by atoms with E-state index in [1.165, 1.54) is 30.6 Å². The number of aliphatic hydroxyl groups is 1. The third kappa shape index (κ3) is 8.50. The van der Waals surface area contributed by atoms with Gasteiger partial charge in [0.1, 0.15) is 12.6 Å². The second kappa shape index (κ2) is 16.6. The van der Waals surface area contributed by atoms with Gasteiger partial charge in [0.2, 0.25) is 5.91 Å². The number of carbonyl (C=O) groups is 3. The molecule has 5 atom stereocenters. The normalized spacial score (nSPS) is 24.1. The van der Waals surface area contributed by atoms with Gasteiger partial charge in [-0.25, -0.2) is 4.79 Å². The van der Waals surface area contributed by atoms with E-state index >= 15 is 0 Å². The maximum atomic E-state index is 13.1. The maximum Gasteiger partial charge on any atom is 0.408 e. The Hall–Kier alpha value is -4.35. The molecule has 1 aliphatic carbocycles. The minimum atomic E-state index is -0.971. The van der Waals surface area contributed by atoms with Crippen LogP contribution >= 0.6 is 0 Å². The van der Waals surface area contributed by atoms with Gasteiger partial charge in [0.15, 0.2) is 6.29 Å². The highest BCUT2D eigenvalue weighted by Gasteiger charge is 2.41. The van der Waals surface area contributed by atoms with Gasteiger partial charge in [-0.3, -0.25) is 19.4 Å². The van der Waals surface area contributed by atoms with E-state index in [1.54, 1.807) is 0 Å². The van der Waals surface area contributed by atoms with Crippen LogP contribution in [0.4, 0.5) is 4.79 Å². The van der Waals surface area contributed by atoms with Crippen LogP contribution in [0, 0.1) is 5.92 Å². The van der Waals surface area contributed by atoms with Gasteiger partial charge in [0, 0.05) is 30.6 Å².